The number of hydrogen-bond donors (Lipinski definition) is 0. The van der Waals surface area contributed by atoms with Gasteiger partial charge in [-0.05, 0) is 50.5 Å². The van der Waals surface area contributed by atoms with Gasteiger partial charge in [-0.25, -0.2) is 0 Å². The summed E-state index contributed by atoms with van der Waals surface area (Å²) < 4.78 is 24.3. The molecule has 0 unspecified atom stereocenters. The monoisotopic (exact) mass is 344 g/mol. The minimum Gasteiger partial charge on any atom is -0.425 e. The van der Waals surface area contributed by atoms with E-state index in [4.69, 9.17) is 16.5 Å². The Morgan fingerprint density at radius 3 is 1.30 bits per heavy atom. The molecule has 1 aliphatic rings. The highest BCUT2D eigenvalue weighted by molar-refractivity contribution is 6.93. The molecule has 1 fully saturated rings. The molecule has 0 aromatic heterocycles. The molecule has 4 nitrogen and oxygen atoms in total. The van der Waals surface area contributed by atoms with E-state index in [2.05, 4.69) is 0 Å². The topological polar surface area (TPSA) is 36.9 Å². The Kier molecular flexibility index (Phi) is 7.84. The van der Waals surface area contributed by atoms with Crippen molar-refractivity contribution in [1.29, 1.82) is 0 Å². The summed E-state index contributed by atoms with van der Waals surface area (Å²) in [6, 6.07) is 0. The molecule has 1 saturated heterocycles. The van der Waals surface area contributed by atoms with Crippen molar-refractivity contribution in [2.24, 2.45) is 0 Å². The fraction of sp³-hybridized carbons (Fsp3) is 0.333. The van der Waals surface area contributed by atoms with Gasteiger partial charge in [0.1, 0.15) is 0 Å². The van der Waals surface area contributed by atoms with Crippen molar-refractivity contribution in [1.82, 2.24) is 0 Å². The van der Waals surface area contributed by atoms with Crippen molar-refractivity contribution in [2.45, 2.75) is 27.7 Å². The maximum absolute atomic E-state index is 6.50. The molecule has 0 atom stereocenters. The van der Waals surface area contributed by atoms with E-state index in [1.54, 1.807) is 0 Å². The fourth-order valence-corrected chi connectivity index (χ4v) is 14.1. The van der Waals surface area contributed by atoms with Gasteiger partial charge in [0, 0.05) is 0 Å². The van der Waals surface area contributed by atoms with Crippen LogP contribution in [-0.4, -0.2) is 37.1 Å². The lowest BCUT2D eigenvalue weighted by molar-refractivity contribution is 0.300. The predicted molar refractivity (Wildman–Crippen MR) is 92.2 cm³/mol. The molecule has 0 spiro atoms. The third-order valence-corrected chi connectivity index (χ3v) is 14.3. The lowest BCUT2D eigenvalue weighted by Gasteiger charge is -2.37. The average molecular weight is 345 g/mol. The van der Waals surface area contributed by atoms with Crippen LogP contribution < -0.4 is 0 Å². The second kappa shape index (κ2) is 8.84. The van der Waals surface area contributed by atoms with Gasteiger partial charge in [-0.15, -0.1) is 0 Å². The maximum Gasteiger partial charge on any atom is 0.373 e. The zero-order valence-electron chi connectivity index (χ0n) is 12.7. The van der Waals surface area contributed by atoms with Gasteiger partial charge in [-0.1, -0.05) is 24.3 Å². The van der Waals surface area contributed by atoms with Crippen molar-refractivity contribution < 1.29 is 16.5 Å². The Morgan fingerprint density at radius 2 is 1.00 bits per heavy atom. The second-order valence-electron chi connectivity index (χ2n) is 4.27. The molecule has 0 aliphatic carbocycles. The zero-order chi connectivity index (χ0) is 14.9. The third kappa shape index (κ3) is 4.89. The number of hydrogen-bond acceptors (Lipinski definition) is 4. The van der Waals surface area contributed by atoms with Gasteiger partial charge >= 0.3 is 17.1 Å². The van der Waals surface area contributed by atoms with Gasteiger partial charge in [0.05, 0.1) is 0 Å². The molecule has 0 saturated carbocycles. The first-order valence-corrected chi connectivity index (χ1v) is 13.0. The summed E-state index contributed by atoms with van der Waals surface area (Å²) in [7, 11) is -7.14. The van der Waals surface area contributed by atoms with Crippen LogP contribution in [0.15, 0.2) is 47.1 Å². The molecular formula is C12H24O4Si4. The fourth-order valence-electron chi connectivity index (χ4n) is 1.98. The molecule has 1 rings (SSSR count). The van der Waals surface area contributed by atoms with E-state index in [1.807, 2.05) is 74.8 Å². The van der Waals surface area contributed by atoms with E-state index >= 15 is 0 Å². The van der Waals surface area contributed by atoms with Crippen LogP contribution in [0.4, 0.5) is 0 Å². The van der Waals surface area contributed by atoms with Gasteiger partial charge in [-0.2, -0.15) is 0 Å². The standard InChI is InChI=1S/C12H24O4Si4/c1-5-9-19(10-6-2)14-17-13-18-15-20(16-19,11-7-3)12-8-4/h5-12H,17-18H2,1-4H3. The zero-order valence-corrected chi connectivity index (χ0v) is 17.5. The molecule has 0 radical (unpaired) electrons. The van der Waals surface area contributed by atoms with Crippen LogP contribution in [0.1, 0.15) is 27.7 Å². The highest BCUT2D eigenvalue weighted by atomic mass is 28.5. The first kappa shape index (κ1) is 17.7. The van der Waals surface area contributed by atoms with Crippen molar-refractivity contribution in [3.8, 4) is 0 Å². The Morgan fingerprint density at radius 1 is 0.650 bits per heavy atom. The Labute approximate surface area is 128 Å². The summed E-state index contributed by atoms with van der Waals surface area (Å²) in [5.41, 5.74) is 8.20. The predicted octanol–water partition coefficient (Wildman–Crippen LogP) is 1.41. The first-order chi connectivity index (χ1) is 9.66. The van der Waals surface area contributed by atoms with Crippen LogP contribution >= 0.6 is 0 Å². The molecule has 0 N–H and O–H groups in total. The molecule has 1 heterocycles. The van der Waals surface area contributed by atoms with Gasteiger partial charge in [0.25, 0.3) is 20.0 Å². The lowest BCUT2D eigenvalue weighted by atomic mass is 10.8. The SMILES string of the molecule is CC=C[Si]1(C=CC)O[SiH2]O[SiH2]O[Si](C=CC)(C=CC)O1. The summed E-state index contributed by atoms with van der Waals surface area (Å²) in [4.78, 5) is 0. The molecule has 0 aromatic rings. The van der Waals surface area contributed by atoms with E-state index in [9.17, 15) is 0 Å². The highest BCUT2D eigenvalue weighted by Gasteiger charge is 2.44. The smallest absolute Gasteiger partial charge is 0.373 e. The lowest BCUT2D eigenvalue weighted by Crippen LogP contribution is -2.55. The highest BCUT2D eigenvalue weighted by Crippen LogP contribution is 2.23. The van der Waals surface area contributed by atoms with Gasteiger partial charge < -0.3 is 16.5 Å². The van der Waals surface area contributed by atoms with Crippen molar-refractivity contribution in [2.75, 3.05) is 0 Å². The van der Waals surface area contributed by atoms with E-state index < -0.39 is 37.1 Å². The molecular weight excluding hydrogens is 320 g/mol. The van der Waals surface area contributed by atoms with Crippen LogP contribution in [0.5, 0.6) is 0 Å². The molecule has 20 heavy (non-hydrogen) atoms. The minimum atomic E-state index is -2.54. The summed E-state index contributed by atoms with van der Waals surface area (Å²) in [6.45, 7) is 7.93. The summed E-state index contributed by atoms with van der Waals surface area (Å²) in [5.74, 6) is 0. The third-order valence-electron chi connectivity index (χ3n) is 2.65. The van der Waals surface area contributed by atoms with Crippen LogP contribution in [-0.2, 0) is 16.5 Å². The molecule has 112 valence electrons. The number of allylic oxidation sites excluding steroid dienone is 4. The van der Waals surface area contributed by atoms with Gasteiger partial charge in [0.15, 0.2) is 0 Å². The summed E-state index contributed by atoms with van der Waals surface area (Å²) in [6.07, 6.45) is 7.96. The molecule has 1 aliphatic heterocycles. The van der Waals surface area contributed by atoms with Crippen molar-refractivity contribution in [3.63, 3.8) is 0 Å². The van der Waals surface area contributed by atoms with Crippen LogP contribution in [0.25, 0.3) is 0 Å². The molecule has 0 amide bonds. The van der Waals surface area contributed by atoms with Gasteiger partial charge in [0.2, 0.25) is 0 Å². The Balaban J connectivity index is 3.22. The van der Waals surface area contributed by atoms with E-state index in [1.165, 1.54) is 0 Å². The van der Waals surface area contributed by atoms with Crippen LogP contribution in [0.2, 0.25) is 0 Å². The van der Waals surface area contributed by atoms with E-state index in [-0.39, 0.29) is 0 Å². The van der Waals surface area contributed by atoms with E-state index in [0.29, 0.717) is 0 Å². The normalized spacial score (nSPS) is 35.8. The minimum absolute atomic E-state index is 1.02. The molecule has 8 heteroatoms. The Hall–Kier alpha value is -0.332. The molecule has 0 aromatic carbocycles. The van der Waals surface area contributed by atoms with Crippen molar-refractivity contribution >= 4 is 37.1 Å². The quantitative estimate of drug-likeness (QED) is 0.723. The Bertz CT molecular complexity index is 346. The number of rotatable bonds is 4. The van der Waals surface area contributed by atoms with Crippen LogP contribution in [0, 0.1) is 0 Å². The van der Waals surface area contributed by atoms with Crippen LogP contribution in [0.3, 0.4) is 0 Å². The van der Waals surface area contributed by atoms with Gasteiger partial charge in [-0.3, -0.25) is 0 Å². The van der Waals surface area contributed by atoms with E-state index in [0.717, 1.165) is 0 Å². The summed E-state index contributed by atoms with van der Waals surface area (Å²) >= 11 is 0. The first-order valence-electron chi connectivity index (χ1n) is 6.77. The largest absolute Gasteiger partial charge is 0.425 e. The second-order valence-corrected chi connectivity index (χ2v) is 13.7. The van der Waals surface area contributed by atoms with Crippen molar-refractivity contribution in [3.05, 3.63) is 47.1 Å². The maximum atomic E-state index is 6.50. The average Bonchev–Trinajstić information content (AvgIpc) is 2.37. The molecule has 0 bridgehead atoms. The summed E-state index contributed by atoms with van der Waals surface area (Å²) in [5, 5.41) is 0.